The Hall–Kier alpha value is -2.40. The Morgan fingerprint density at radius 1 is 1.25 bits per heavy atom. The minimum Gasteiger partial charge on any atom is -0.497 e. The van der Waals surface area contributed by atoms with Gasteiger partial charge in [0, 0.05) is 24.2 Å². The fraction of sp³-hybridized carbons (Fsp3) is 0.368. The molecule has 1 N–H and O–H groups in total. The molecule has 3 heterocycles. The lowest BCUT2D eigenvalue weighted by atomic mass is 9.98. The van der Waals surface area contributed by atoms with Crippen LogP contribution in [0.3, 0.4) is 0 Å². The first-order valence-corrected chi connectivity index (χ1v) is 8.51. The number of pyridine rings is 1. The predicted octanol–water partition coefficient (Wildman–Crippen LogP) is 3.69. The van der Waals surface area contributed by atoms with Gasteiger partial charge in [-0.3, -0.25) is 15.0 Å². The lowest BCUT2D eigenvalue weighted by Gasteiger charge is -2.35. The molecule has 3 aromatic rings. The summed E-state index contributed by atoms with van der Waals surface area (Å²) in [5, 5.41) is 8.83. The van der Waals surface area contributed by atoms with E-state index in [9.17, 15) is 0 Å². The van der Waals surface area contributed by atoms with Crippen LogP contribution in [0.1, 0.15) is 36.7 Å². The molecule has 0 amide bonds. The van der Waals surface area contributed by atoms with Gasteiger partial charge in [0.15, 0.2) is 0 Å². The van der Waals surface area contributed by atoms with Crippen LogP contribution in [0.5, 0.6) is 5.75 Å². The summed E-state index contributed by atoms with van der Waals surface area (Å²) in [6.07, 6.45) is 5.55. The van der Waals surface area contributed by atoms with Gasteiger partial charge in [0.2, 0.25) is 0 Å². The molecule has 5 heteroatoms. The third kappa shape index (κ3) is 2.87. The largest absolute Gasteiger partial charge is 0.497 e. The minimum atomic E-state index is 0.386. The molecular weight excluding hydrogens is 300 g/mol. The quantitative estimate of drug-likeness (QED) is 0.796. The van der Waals surface area contributed by atoms with Crippen molar-refractivity contribution >= 4 is 10.9 Å². The Kier molecular flexibility index (Phi) is 4.17. The molecule has 0 spiro atoms. The molecule has 124 valence electrons. The van der Waals surface area contributed by atoms with Gasteiger partial charge in [-0.15, -0.1) is 0 Å². The molecule has 2 aromatic heterocycles. The summed E-state index contributed by atoms with van der Waals surface area (Å²) in [5.41, 5.74) is 3.29. The van der Waals surface area contributed by atoms with Gasteiger partial charge in [-0.2, -0.15) is 5.10 Å². The van der Waals surface area contributed by atoms with Crippen LogP contribution in [0.25, 0.3) is 10.9 Å². The number of nitrogens with one attached hydrogen (secondary N) is 1. The van der Waals surface area contributed by atoms with Crippen LogP contribution in [-0.4, -0.2) is 33.7 Å². The van der Waals surface area contributed by atoms with E-state index in [0.29, 0.717) is 6.04 Å². The summed E-state index contributed by atoms with van der Waals surface area (Å²) < 4.78 is 5.28. The Labute approximate surface area is 141 Å². The van der Waals surface area contributed by atoms with Crippen LogP contribution < -0.4 is 4.74 Å². The van der Waals surface area contributed by atoms with E-state index in [4.69, 9.17) is 4.74 Å². The van der Waals surface area contributed by atoms with Crippen LogP contribution in [0.4, 0.5) is 0 Å². The van der Waals surface area contributed by atoms with Crippen molar-refractivity contribution in [2.45, 2.75) is 31.8 Å². The first-order valence-electron chi connectivity index (χ1n) is 8.51. The van der Waals surface area contributed by atoms with Crippen molar-refractivity contribution in [3.8, 4) is 5.75 Å². The standard InChI is InChI=1S/C19H22N4O/c1-24-14-8-9-15-17(12-14)21-22-18(15)13-23-11-5-3-7-19(23)16-6-2-4-10-20-16/h2,4,6,8-10,12,19H,3,5,7,11,13H2,1H3,(H,21,22). The van der Waals surface area contributed by atoms with Gasteiger partial charge in [-0.05, 0) is 43.7 Å². The third-order valence-electron chi connectivity index (χ3n) is 4.85. The normalized spacial score (nSPS) is 18.8. The summed E-state index contributed by atoms with van der Waals surface area (Å²) in [6, 6.07) is 12.6. The maximum atomic E-state index is 5.28. The number of fused-ring (bicyclic) bond motifs is 1. The third-order valence-corrected chi connectivity index (χ3v) is 4.85. The van der Waals surface area contributed by atoms with Gasteiger partial charge in [-0.1, -0.05) is 12.5 Å². The Bertz CT molecular complexity index is 815. The monoisotopic (exact) mass is 322 g/mol. The molecule has 0 aliphatic carbocycles. The molecule has 0 saturated carbocycles. The van der Waals surface area contributed by atoms with E-state index in [1.807, 2.05) is 24.4 Å². The molecule has 4 rings (SSSR count). The van der Waals surface area contributed by atoms with Gasteiger partial charge >= 0.3 is 0 Å². The van der Waals surface area contributed by atoms with E-state index in [-0.39, 0.29) is 0 Å². The second kappa shape index (κ2) is 6.61. The van der Waals surface area contributed by atoms with E-state index < -0.39 is 0 Å². The highest BCUT2D eigenvalue weighted by Gasteiger charge is 2.25. The number of H-pyrrole nitrogens is 1. The number of hydrogen-bond donors (Lipinski definition) is 1. The molecule has 0 radical (unpaired) electrons. The average molecular weight is 322 g/mol. The van der Waals surface area contributed by atoms with Crippen molar-refractivity contribution < 1.29 is 4.74 Å². The number of benzene rings is 1. The van der Waals surface area contributed by atoms with E-state index >= 15 is 0 Å². The molecule has 1 aliphatic rings. The SMILES string of the molecule is COc1ccc2c(CN3CCCCC3c3ccccn3)[nH]nc2c1. The van der Waals surface area contributed by atoms with Crippen molar-refractivity contribution in [2.24, 2.45) is 0 Å². The molecule has 1 unspecified atom stereocenters. The molecular formula is C19H22N4O. The highest BCUT2D eigenvalue weighted by atomic mass is 16.5. The number of rotatable bonds is 4. The smallest absolute Gasteiger partial charge is 0.121 e. The van der Waals surface area contributed by atoms with Gasteiger partial charge in [0.1, 0.15) is 5.75 Å². The van der Waals surface area contributed by atoms with Crippen molar-refractivity contribution in [1.82, 2.24) is 20.1 Å². The molecule has 1 aliphatic heterocycles. The number of hydrogen-bond acceptors (Lipinski definition) is 4. The first kappa shape index (κ1) is 15.1. The molecule has 5 nitrogen and oxygen atoms in total. The number of aromatic amines is 1. The van der Waals surface area contributed by atoms with Crippen molar-refractivity contribution in [3.63, 3.8) is 0 Å². The summed E-state index contributed by atoms with van der Waals surface area (Å²) in [7, 11) is 1.68. The molecule has 1 fully saturated rings. The van der Waals surface area contributed by atoms with E-state index in [2.05, 4.69) is 38.3 Å². The maximum Gasteiger partial charge on any atom is 0.121 e. The molecule has 1 atom stereocenters. The lowest BCUT2D eigenvalue weighted by molar-refractivity contribution is 0.136. The molecule has 1 aromatic carbocycles. The molecule has 24 heavy (non-hydrogen) atoms. The number of methoxy groups -OCH3 is 1. The van der Waals surface area contributed by atoms with Crippen LogP contribution in [0.2, 0.25) is 0 Å². The number of piperidine rings is 1. The summed E-state index contributed by atoms with van der Waals surface area (Å²) in [4.78, 5) is 7.10. The zero-order valence-electron chi connectivity index (χ0n) is 13.9. The van der Waals surface area contributed by atoms with Crippen LogP contribution in [0.15, 0.2) is 42.6 Å². The van der Waals surface area contributed by atoms with E-state index in [1.165, 1.54) is 23.9 Å². The highest BCUT2D eigenvalue weighted by molar-refractivity contribution is 5.82. The second-order valence-electron chi connectivity index (χ2n) is 6.32. The number of nitrogens with zero attached hydrogens (tertiary/aromatic N) is 3. The van der Waals surface area contributed by atoms with Gasteiger partial charge < -0.3 is 4.74 Å². The summed E-state index contributed by atoms with van der Waals surface area (Å²) in [5.74, 6) is 0.838. The fourth-order valence-electron chi connectivity index (χ4n) is 3.59. The second-order valence-corrected chi connectivity index (χ2v) is 6.32. The first-order chi connectivity index (χ1) is 11.8. The van der Waals surface area contributed by atoms with Gasteiger partial charge in [-0.25, -0.2) is 0 Å². The Morgan fingerprint density at radius 3 is 3.04 bits per heavy atom. The summed E-state index contributed by atoms with van der Waals surface area (Å²) >= 11 is 0. The van der Waals surface area contributed by atoms with Crippen LogP contribution in [-0.2, 0) is 6.54 Å². The topological polar surface area (TPSA) is 54.0 Å². The fourth-order valence-corrected chi connectivity index (χ4v) is 3.59. The van der Waals surface area contributed by atoms with Crippen molar-refractivity contribution in [1.29, 1.82) is 0 Å². The highest BCUT2D eigenvalue weighted by Crippen LogP contribution is 2.32. The Morgan fingerprint density at radius 2 is 2.21 bits per heavy atom. The number of likely N-dealkylation sites (tertiary alicyclic amines) is 1. The summed E-state index contributed by atoms with van der Waals surface area (Å²) in [6.45, 7) is 1.96. The predicted molar refractivity (Wildman–Crippen MR) is 93.9 cm³/mol. The van der Waals surface area contributed by atoms with Crippen molar-refractivity contribution in [3.05, 3.63) is 54.0 Å². The van der Waals surface area contributed by atoms with Gasteiger partial charge in [0.05, 0.1) is 30.1 Å². The average Bonchev–Trinajstić information content (AvgIpc) is 3.05. The van der Waals surface area contributed by atoms with Crippen molar-refractivity contribution in [2.75, 3.05) is 13.7 Å². The van der Waals surface area contributed by atoms with E-state index in [0.717, 1.165) is 36.5 Å². The maximum absolute atomic E-state index is 5.28. The lowest BCUT2D eigenvalue weighted by Crippen LogP contribution is -2.33. The van der Waals surface area contributed by atoms with E-state index in [1.54, 1.807) is 7.11 Å². The zero-order valence-corrected chi connectivity index (χ0v) is 13.9. The van der Waals surface area contributed by atoms with Gasteiger partial charge in [0.25, 0.3) is 0 Å². The molecule has 1 saturated heterocycles. The minimum absolute atomic E-state index is 0.386. The number of aromatic nitrogens is 3. The van der Waals surface area contributed by atoms with Crippen LogP contribution >= 0.6 is 0 Å². The number of ether oxygens (including phenoxy) is 1. The van der Waals surface area contributed by atoms with Crippen LogP contribution in [0, 0.1) is 0 Å². The zero-order chi connectivity index (χ0) is 16.4. The molecule has 0 bridgehead atoms. The Balaban J connectivity index is 1.61.